The minimum atomic E-state index is 0.729. The Hall–Kier alpha value is -1.13. The first-order chi connectivity index (χ1) is 9.31. The quantitative estimate of drug-likeness (QED) is 0.852. The van der Waals surface area contributed by atoms with Gasteiger partial charge in [-0.3, -0.25) is 0 Å². The Labute approximate surface area is 116 Å². The summed E-state index contributed by atoms with van der Waals surface area (Å²) in [6, 6.07) is 4.17. The number of rotatable bonds is 6. The summed E-state index contributed by atoms with van der Waals surface area (Å²) in [7, 11) is 2.15. The van der Waals surface area contributed by atoms with Crippen molar-refractivity contribution < 1.29 is 4.74 Å². The normalized spacial score (nSPS) is 16.5. The molecule has 2 rings (SSSR count). The van der Waals surface area contributed by atoms with E-state index in [1.807, 2.05) is 12.3 Å². The number of nitrogens with one attached hydrogen (secondary N) is 1. The van der Waals surface area contributed by atoms with Gasteiger partial charge in [-0.2, -0.15) is 0 Å². The minimum Gasteiger partial charge on any atom is -0.381 e. The zero-order valence-corrected chi connectivity index (χ0v) is 12.1. The zero-order valence-electron chi connectivity index (χ0n) is 12.1. The molecule has 1 aromatic heterocycles. The smallest absolute Gasteiger partial charge is 0.132 e. The molecule has 0 radical (unpaired) electrons. The SMILES string of the molecule is CCNCc1cccnc1N(C)CC1CCOCC1. The van der Waals surface area contributed by atoms with Gasteiger partial charge in [0.15, 0.2) is 0 Å². The molecule has 2 heterocycles. The van der Waals surface area contributed by atoms with Gasteiger partial charge in [-0.25, -0.2) is 4.98 Å². The molecule has 1 aromatic rings. The second-order valence-corrected chi connectivity index (χ2v) is 5.20. The van der Waals surface area contributed by atoms with Gasteiger partial charge in [0.1, 0.15) is 5.82 Å². The largest absolute Gasteiger partial charge is 0.381 e. The zero-order chi connectivity index (χ0) is 13.5. The third-order valence-electron chi connectivity index (χ3n) is 3.67. The maximum atomic E-state index is 5.42. The Balaban J connectivity index is 1.98. The number of pyridine rings is 1. The molecular formula is C15H25N3O. The summed E-state index contributed by atoms with van der Waals surface area (Å²) in [5, 5.41) is 3.38. The van der Waals surface area contributed by atoms with Crippen LogP contribution in [0.25, 0.3) is 0 Å². The van der Waals surface area contributed by atoms with Crippen LogP contribution in [-0.2, 0) is 11.3 Å². The Morgan fingerprint density at radius 2 is 2.21 bits per heavy atom. The summed E-state index contributed by atoms with van der Waals surface area (Å²) in [6.45, 7) is 6.88. The molecule has 1 saturated heterocycles. The van der Waals surface area contributed by atoms with Crippen LogP contribution in [-0.4, -0.2) is 38.3 Å². The van der Waals surface area contributed by atoms with Crippen LogP contribution in [0.2, 0.25) is 0 Å². The van der Waals surface area contributed by atoms with E-state index >= 15 is 0 Å². The molecule has 1 N–H and O–H groups in total. The second-order valence-electron chi connectivity index (χ2n) is 5.20. The van der Waals surface area contributed by atoms with Gasteiger partial charge in [0.25, 0.3) is 0 Å². The van der Waals surface area contributed by atoms with Crippen LogP contribution in [0.4, 0.5) is 5.82 Å². The number of hydrogen-bond acceptors (Lipinski definition) is 4. The third kappa shape index (κ3) is 4.18. The summed E-state index contributed by atoms with van der Waals surface area (Å²) < 4.78 is 5.42. The molecule has 0 bridgehead atoms. The molecule has 0 saturated carbocycles. The van der Waals surface area contributed by atoms with Crippen LogP contribution < -0.4 is 10.2 Å². The molecule has 0 atom stereocenters. The fourth-order valence-electron chi connectivity index (χ4n) is 2.57. The van der Waals surface area contributed by atoms with Gasteiger partial charge < -0.3 is 15.0 Å². The highest BCUT2D eigenvalue weighted by molar-refractivity contribution is 5.45. The van der Waals surface area contributed by atoms with Crippen molar-refractivity contribution in [2.45, 2.75) is 26.3 Å². The summed E-state index contributed by atoms with van der Waals surface area (Å²) in [5.41, 5.74) is 1.28. The standard InChI is InChI=1S/C15H25N3O/c1-3-16-11-14-5-4-8-17-15(14)18(2)12-13-6-9-19-10-7-13/h4-5,8,13,16H,3,6-7,9-12H2,1-2H3. The van der Waals surface area contributed by atoms with Crippen LogP contribution in [0.1, 0.15) is 25.3 Å². The van der Waals surface area contributed by atoms with Crippen molar-refractivity contribution >= 4 is 5.82 Å². The molecule has 0 aromatic carbocycles. The molecule has 4 heteroatoms. The fraction of sp³-hybridized carbons (Fsp3) is 0.667. The Kier molecular flexibility index (Phi) is 5.61. The summed E-state index contributed by atoms with van der Waals surface area (Å²) in [5.74, 6) is 1.84. The third-order valence-corrected chi connectivity index (χ3v) is 3.67. The molecule has 106 valence electrons. The second kappa shape index (κ2) is 7.46. The Bertz CT molecular complexity index is 377. The highest BCUT2D eigenvalue weighted by atomic mass is 16.5. The molecular weight excluding hydrogens is 238 g/mol. The van der Waals surface area contributed by atoms with Crippen LogP contribution in [0.15, 0.2) is 18.3 Å². The maximum Gasteiger partial charge on any atom is 0.132 e. The lowest BCUT2D eigenvalue weighted by atomic mass is 10.00. The Morgan fingerprint density at radius 3 is 2.95 bits per heavy atom. The Morgan fingerprint density at radius 1 is 1.42 bits per heavy atom. The van der Waals surface area contributed by atoms with Crippen molar-refractivity contribution in [2.75, 3.05) is 38.3 Å². The van der Waals surface area contributed by atoms with Crippen molar-refractivity contribution in [1.29, 1.82) is 0 Å². The molecule has 4 nitrogen and oxygen atoms in total. The summed E-state index contributed by atoms with van der Waals surface area (Å²) in [4.78, 5) is 6.85. The van der Waals surface area contributed by atoms with Crippen molar-refractivity contribution in [2.24, 2.45) is 5.92 Å². The van der Waals surface area contributed by atoms with Crippen molar-refractivity contribution in [1.82, 2.24) is 10.3 Å². The lowest BCUT2D eigenvalue weighted by molar-refractivity contribution is 0.0685. The number of nitrogens with zero attached hydrogens (tertiary/aromatic N) is 2. The summed E-state index contributed by atoms with van der Waals surface area (Å²) in [6.07, 6.45) is 4.21. The van der Waals surface area contributed by atoms with Crippen LogP contribution in [0.5, 0.6) is 0 Å². The number of anilines is 1. The molecule has 1 aliphatic heterocycles. The van der Waals surface area contributed by atoms with Crippen molar-refractivity contribution in [3.05, 3.63) is 23.9 Å². The molecule has 1 aliphatic rings. The average molecular weight is 263 g/mol. The van der Waals surface area contributed by atoms with Crippen LogP contribution in [0, 0.1) is 5.92 Å². The number of ether oxygens (including phenoxy) is 1. The average Bonchev–Trinajstić information content (AvgIpc) is 2.46. The predicted molar refractivity (Wildman–Crippen MR) is 78.4 cm³/mol. The molecule has 0 spiro atoms. The van der Waals surface area contributed by atoms with Crippen LogP contribution >= 0.6 is 0 Å². The van der Waals surface area contributed by atoms with E-state index in [1.165, 1.54) is 18.4 Å². The highest BCUT2D eigenvalue weighted by Crippen LogP contribution is 2.21. The topological polar surface area (TPSA) is 37.4 Å². The van der Waals surface area contributed by atoms with Gasteiger partial charge in [-0.15, -0.1) is 0 Å². The minimum absolute atomic E-state index is 0.729. The maximum absolute atomic E-state index is 5.42. The fourth-order valence-corrected chi connectivity index (χ4v) is 2.57. The lowest BCUT2D eigenvalue weighted by Crippen LogP contribution is -2.31. The summed E-state index contributed by atoms with van der Waals surface area (Å²) >= 11 is 0. The van der Waals surface area contributed by atoms with Gasteiger partial charge in [0.2, 0.25) is 0 Å². The van der Waals surface area contributed by atoms with Crippen LogP contribution in [0.3, 0.4) is 0 Å². The van der Waals surface area contributed by atoms with Crippen molar-refractivity contribution in [3.8, 4) is 0 Å². The van der Waals surface area contributed by atoms with Crippen molar-refractivity contribution in [3.63, 3.8) is 0 Å². The molecule has 19 heavy (non-hydrogen) atoms. The first-order valence-corrected chi connectivity index (χ1v) is 7.24. The van der Waals surface area contributed by atoms with Gasteiger partial charge in [0.05, 0.1) is 0 Å². The highest BCUT2D eigenvalue weighted by Gasteiger charge is 2.17. The van der Waals surface area contributed by atoms with Gasteiger partial charge in [-0.1, -0.05) is 13.0 Å². The first-order valence-electron chi connectivity index (χ1n) is 7.24. The van der Waals surface area contributed by atoms with E-state index in [2.05, 4.69) is 35.2 Å². The lowest BCUT2D eigenvalue weighted by Gasteiger charge is -2.28. The van der Waals surface area contributed by atoms with Gasteiger partial charge >= 0.3 is 0 Å². The predicted octanol–water partition coefficient (Wildman–Crippen LogP) is 2.05. The molecule has 0 unspecified atom stereocenters. The van der Waals surface area contributed by atoms with E-state index in [0.717, 1.165) is 44.6 Å². The number of hydrogen-bond donors (Lipinski definition) is 1. The first kappa shape index (κ1) is 14.3. The van der Waals surface area contributed by atoms with E-state index in [-0.39, 0.29) is 0 Å². The number of aromatic nitrogens is 1. The van der Waals surface area contributed by atoms with Gasteiger partial charge in [-0.05, 0) is 31.4 Å². The van der Waals surface area contributed by atoms with E-state index in [9.17, 15) is 0 Å². The molecule has 0 aliphatic carbocycles. The van der Waals surface area contributed by atoms with E-state index in [0.29, 0.717) is 0 Å². The van der Waals surface area contributed by atoms with Gasteiger partial charge in [0, 0.05) is 45.1 Å². The monoisotopic (exact) mass is 263 g/mol. The van der Waals surface area contributed by atoms with E-state index in [1.54, 1.807) is 0 Å². The van der Waals surface area contributed by atoms with E-state index in [4.69, 9.17) is 4.74 Å². The van der Waals surface area contributed by atoms with E-state index < -0.39 is 0 Å². The molecule has 0 amide bonds. The molecule has 1 fully saturated rings.